The van der Waals surface area contributed by atoms with E-state index >= 15 is 0 Å². The van der Waals surface area contributed by atoms with Crippen molar-refractivity contribution < 1.29 is 9.53 Å². The minimum atomic E-state index is -0.460. The number of aryl methyl sites for hydroxylation is 1. The average Bonchev–Trinajstić information content (AvgIpc) is 3.21. The van der Waals surface area contributed by atoms with Gasteiger partial charge in [0.15, 0.2) is 5.82 Å². The number of carbonyl (C=O) groups is 1. The molecule has 1 N–H and O–H groups in total. The molecule has 3 aromatic carbocycles. The molecule has 0 aliphatic heterocycles. The van der Waals surface area contributed by atoms with Crippen LogP contribution in [0.2, 0.25) is 10.0 Å². The molecule has 0 aliphatic carbocycles. The van der Waals surface area contributed by atoms with Gasteiger partial charge in [0.25, 0.3) is 5.91 Å². The zero-order valence-electron chi connectivity index (χ0n) is 16.8. The molecule has 1 amide bonds. The van der Waals surface area contributed by atoms with Gasteiger partial charge in [-0.05, 0) is 61.0 Å². The van der Waals surface area contributed by atoms with Crippen LogP contribution in [0.3, 0.4) is 0 Å². The van der Waals surface area contributed by atoms with Crippen LogP contribution in [0.5, 0.6) is 5.75 Å². The first-order chi connectivity index (χ1) is 15.0. The van der Waals surface area contributed by atoms with Gasteiger partial charge in [-0.2, -0.15) is 0 Å². The molecule has 0 aliphatic rings. The Hall–Kier alpha value is -3.35. The van der Waals surface area contributed by atoms with E-state index in [0.717, 1.165) is 16.8 Å². The van der Waals surface area contributed by atoms with Crippen LogP contribution >= 0.6 is 23.2 Å². The van der Waals surface area contributed by atoms with Gasteiger partial charge in [0.1, 0.15) is 5.75 Å². The van der Waals surface area contributed by atoms with E-state index in [4.69, 9.17) is 27.9 Å². The van der Waals surface area contributed by atoms with Gasteiger partial charge in [0.05, 0.1) is 18.5 Å². The van der Waals surface area contributed by atoms with Gasteiger partial charge >= 0.3 is 0 Å². The number of rotatable bonds is 5. The predicted molar refractivity (Wildman–Crippen MR) is 122 cm³/mol. The van der Waals surface area contributed by atoms with Crippen molar-refractivity contribution in [2.45, 2.75) is 6.92 Å². The normalized spacial score (nSPS) is 10.7. The summed E-state index contributed by atoms with van der Waals surface area (Å²) in [6.07, 6.45) is 0. The summed E-state index contributed by atoms with van der Waals surface area (Å²) in [4.78, 5) is 17.5. The molecule has 4 rings (SSSR count). The fraction of sp³-hybridized carbons (Fsp3) is 0.0870. The van der Waals surface area contributed by atoms with Gasteiger partial charge in [-0.25, -0.2) is 9.67 Å². The smallest absolute Gasteiger partial charge is 0.295 e. The van der Waals surface area contributed by atoms with Crippen molar-refractivity contribution in [3.8, 4) is 22.8 Å². The number of amides is 1. The molecular weight excluding hydrogens is 435 g/mol. The molecule has 8 heteroatoms. The van der Waals surface area contributed by atoms with Gasteiger partial charge in [0.2, 0.25) is 5.82 Å². The maximum absolute atomic E-state index is 13.0. The number of halogens is 2. The first kappa shape index (κ1) is 20.9. The minimum absolute atomic E-state index is 0.00947. The van der Waals surface area contributed by atoms with E-state index in [1.165, 1.54) is 0 Å². The quantitative estimate of drug-likeness (QED) is 0.414. The molecule has 0 saturated heterocycles. The topological polar surface area (TPSA) is 69.0 Å². The second-order valence-electron chi connectivity index (χ2n) is 6.76. The lowest BCUT2D eigenvalue weighted by atomic mass is 10.2. The molecule has 1 heterocycles. The van der Waals surface area contributed by atoms with E-state index in [-0.39, 0.29) is 5.82 Å². The molecule has 1 aromatic heterocycles. The van der Waals surface area contributed by atoms with Crippen LogP contribution < -0.4 is 10.1 Å². The molecule has 0 saturated carbocycles. The SMILES string of the molecule is COc1ccccc1NC(=O)c1nc(-c2ccc(Cl)cc2)n(-c2cc(Cl)ccc2C)n1. The number of ether oxygens (including phenoxy) is 1. The van der Waals surface area contributed by atoms with Crippen molar-refractivity contribution >= 4 is 34.8 Å². The third-order valence-electron chi connectivity index (χ3n) is 4.67. The van der Waals surface area contributed by atoms with E-state index in [9.17, 15) is 4.79 Å². The Balaban J connectivity index is 1.80. The number of nitrogens with one attached hydrogen (secondary N) is 1. The van der Waals surface area contributed by atoms with Gasteiger partial charge in [-0.3, -0.25) is 4.79 Å². The number of para-hydroxylation sites is 2. The Morgan fingerprint density at radius 3 is 2.45 bits per heavy atom. The zero-order valence-corrected chi connectivity index (χ0v) is 18.3. The van der Waals surface area contributed by atoms with Crippen molar-refractivity contribution in [2.75, 3.05) is 12.4 Å². The Bertz CT molecular complexity index is 1250. The summed E-state index contributed by atoms with van der Waals surface area (Å²) in [6, 6.07) is 19.8. The van der Waals surface area contributed by atoms with E-state index in [2.05, 4.69) is 15.4 Å². The van der Waals surface area contributed by atoms with E-state index in [0.29, 0.717) is 27.3 Å². The van der Waals surface area contributed by atoms with Gasteiger partial charge in [0, 0.05) is 15.6 Å². The van der Waals surface area contributed by atoms with Crippen molar-refractivity contribution in [3.63, 3.8) is 0 Å². The van der Waals surface area contributed by atoms with E-state index < -0.39 is 5.91 Å². The van der Waals surface area contributed by atoms with Crippen LogP contribution in [-0.4, -0.2) is 27.8 Å². The molecule has 6 nitrogen and oxygen atoms in total. The predicted octanol–water partition coefficient (Wildman–Crippen LogP) is 5.81. The highest BCUT2D eigenvalue weighted by atomic mass is 35.5. The van der Waals surface area contributed by atoms with Crippen LogP contribution in [0, 0.1) is 6.92 Å². The number of hydrogen-bond acceptors (Lipinski definition) is 4. The lowest BCUT2D eigenvalue weighted by Crippen LogP contribution is -2.15. The Labute approximate surface area is 189 Å². The van der Waals surface area contributed by atoms with Crippen molar-refractivity contribution in [2.24, 2.45) is 0 Å². The number of aromatic nitrogens is 3. The molecular formula is C23H18Cl2N4O2. The standard InChI is InChI=1S/C23H18Cl2N4O2/c1-14-7-10-17(25)13-19(14)29-22(15-8-11-16(24)12-9-15)27-21(28-29)23(30)26-18-5-3-4-6-20(18)31-2/h3-13H,1-2H3,(H,26,30). The van der Waals surface area contributed by atoms with Crippen LogP contribution in [0.25, 0.3) is 17.1 Å². The zero-order chi connectivity index (χ0) is 22.0. The largest absolute Gasteiger partial charge is 0.495 e. The van der Waals surface area contributed by atoms with Crippen molar-refractivity contribution in [3.05, 3.63) is 88.2 Å². The Morgan fingerprint density at radius 1 is 1.00 bits per heavy atom. The number of benzene rings is 3. The number of hydrogen-bond donors (Lipinski definition) is 1. The first-order valence-corrected chi connectivity index (χ1v) is 10.2. The molecule has 4 aromatic rings. The molecule has 0 fully saturated rings. The summed E-state index contributed by atoms with van der Waals surface area (Å²) in [5.41, 5.74) is 2.94. The fourth-order valence-corrected chi connectivity index (χ4v) is 3.39. The van der Waals surface area contributed by atoms with Gasteiger partial charge in [-0.1, -0.05) is 41.4 Å². The maximum atomic E-state index is 13.0. The molecule has 0 unspecified atom stereocenters. The molecule has 0 atom stereocenters. The summed E-state index contributed by atoms with van der Waals surface area (Å²) in [7, 11) is 1.54. The van der Waals surface area contributed by atoms with Crippen LogP contribution in [-0.2, 0) is 0 Å². The summed E-state index contributed by atoms with van der Waals surface area (Å²) in [5, 5.41) is 8.45. The highest BCUT2D eigenvalue weighted by Gasteiger charge is 2.21. The van der Waals surface area contributed by atoms with E-state index in [1.54, 1.807) is 54.3 Å². The van der Waals surface area contributed by atoms with Crippen LogP contribution in [0.15, 0.2) is 66.7 Å². The molecule has 0 bridgehead atoms. The summed E-state index contributed by atoms with van der Waals surface area (Å²) in [6.45, 7) is 1.94. The Kier molecular flexibility index (Phi) is 5.93. The Morgan fingerprint density at radius 2 is 1.71 bits per heavy atom. The third-order valence-corrected chi connectivity index (χ3v) is 5.15. The summed E-state index contributed by atoms with van der Waals surface area (Å²) < 4.78 is 6.91. The highest BCUT2D eigenvalue weighted by molar-refractivity contribution is 6.31. The summed E-state index contributed by atoms with van der Waals surface area (Å²) >= 11 is 12.3. The molecule has 0 spiro atoms. The lowest BCUT2D eigenvalue weighted by molar-refractivity contribution is 0.101. The monoisotopic (exact) mass is 452 g/mol. The van der Waals surface area contributed by atoms with E-state index in [1.807, 2.05) is 31.2 Å². The van der Waals surface area contributed by atoms with Gasteiger partial charge in [-0.15, -0.1) is 5.10 Å². The second kappa shape index (κ2) is 8.79. The molecule has 156 valence electrons. The highest BCUT2D eigenvalue weighted by Crippen LogP contribution is 2.27. The third kappa shape index (κ3) is 4.40. The first-order valence-electron chi connectivity index (χ1n) is 9.40. The number of anilines is 1. The second-order valence-corrected chi connectivity index (χ2v) is 7.64. The number of carbonyl (C=O) groups excluding carboxylic acids is 1. The van der Waals surface area contributed by atoms with Crippen molar-refractivity contribution in [1.82, 2.24) is 14.8 Å². The minimum Gasteiger partial charge on any atom is -0.495 e. The number of nitrogens with zero attached hydrogens (tertiary/aromatic N) is 3. The van der Waals surface area contributed by atoms with Crippen LogP contribution in [0.1, 0.15) is 16.2 Å². The summed E-state index contributed by atoms with van der Waals surface area (Å²) in [5.74, 6) is 0.583. The number of methoxy groups -OCH3 is 1. The fourth-order valence-electron chi connectivity index (χ4n) is 3.10. The van der Waals surface area contributed by atoms with Crippen molar-refractivity contribution in [1.29, 1.82) is 0 Å². The molecule has 0 radical (unpaired) electrons. The van der Waals surface area contributed by atoms with Gasteiger partial charge < -0.3 is 10.1 Å². The maximum Gasteiger partial charge on any atom is 0.295 e. The lowest BCUT2D eigenvalue weighted by Gasteiger charge is -2.09. The average molecular weight is 453 g/mol. The van der Waals surface area contributed by atoms with Crippen LogP contribution in [0.4, 0.5) is 5.69 Å². The molecule has 31 heavy (non-hydrogen) atoms.